The van der Waals surface area contributed by atoms with Crippen LogP contribution in [0, 0.1) is 0 Å². The fourth-order valence-electron chi connectivity index (χ4n) is 6.66. The van der Waals surface area contributed by atoms with Gasteiger partial charge in [-0.3, -0.25) is 4.79 Å². The number of benzene rings is 4. The largest absolute Gasteiger partial charge is 0.406 e. The van der Waals surface area contributed by atoms with Gasteiger partial charge in [0.2, 0.25) is 0 Å². The van der Waals surface area contributed by atoms with Gasteiger partial charge in [-0.05, 0) is 32.6 Å². The lowest BCUT2D eigenvalue weighted by Crippen LogP contribution is -2.67. The highest BCUT2D eigenvalue weighted by molar-refractivity contribution is 6.99. The zero-order chi connectivity index (χ0) is 25.7. The first-order valence-corrected chi connectivity index (χ1v) is 15.0. The van der Waals surface area contributed by atoms with Gasteiger partial charge in [0.25, 0.3) is 14.2 Å². The molecule has 37 heavy (non-hydrogen) atoms. The molecule has 0 radical (unpaired) electrons. The molecule has 186 valence electrons. The minimum Gasteiger partial charge on any atom is -0.406 e. The number of nitrogens with one attached hydrogen (secondary N) is 1. The average Bonchev–Trinajstić information content (AvgIpc) is 3.58. The number of hydrogen-bond acceptors (Lipinski definition) is 2. The Labute approximate surface area is 220 Å². The fourth-order valence-corrected chi connectivity index (χ4v) is 11.3. The Bertz CT molecular complexity index is 1380. The Hall–Kier alpha value is -3.47. The lowest BCUT2D eigenvalue weighted by molar-refractivity contribution is 0.0940. The summed E-state index contributed by atoms with van der Waals surface area (Å²) in [6.07, 6.45) is 0. The second-order valence-corrected chi connectivity index (χ2v) is 15.7. The third-order valence-corrected chi connectivity index (χ3v) is 13.4. The van der Waals surface area contributed by atoms with Crippen LogP contribution in [0.25, 0.3) is 0 Å². The van der Waals surface area contributed by atoms with Gasteiger partial charge in [-0.2, -0.15) is 0 Å². The molecular formula is C33H33NO2Si. The molecule has 0 spiro atoms. The van der Waals surface area contributed by atoms with Crippen molar-refractivity contribution in [2.75, 3.05) is 6.61 Å². The summed E-state index contributed by atoms with van der Waals surface area (Å²) in [4.78, 5) is 13.1. The molecule has 4 aromatic rings. The molecule has 1 aliphatic heterocycles. The Morgan fingerprint density at radius 1 is 0.757 bits per heavy atom. The molecule has 4 heteroatoms. The molecule has 1 N–H and O–H groups in total. The minimum atomic E-state index is -2.74. The monoisotopic (exact) mass is 503 g/mol. The zero-order valence-electron chi connectivity index (χ0n) is 21.6. The molecule has 4 aromatic carbocycles. The quantitative estimate of drug-likeness (QED) is 0.357. The fraction of sp³-hybridized carbons (Fsp3) is 0.242. The maximum absolute atomic E-state index is 13.1. The molecule has 6 rings (SSSR count). The molecule has 2 aliphatic rings. The van der Waals surface area contributed by atoms with Crippen molar-refractivity contribution in [2.45, 2.75) is 43.2 Å². The number of hydrogen-bond donors (Lipinski definition) is 1. The molecular weight excluding hydrogens is 470 g/mol. The van der Waals surface area contributed by atoms with Crippen molar-refractivity contribution in [3.8, 4) is 0 Å². The summed E-state index contributed by atoms with van der Waals surface area (Å²) >= 11 is 0. The van der Waals surface area contributed by atoms with Crippen LogP contribution in [0.4, 0.5) is 0 Å². The van der Waals surface area contributed by atoms with Crippen LogP contribution in [-0.2, 0) is 9.84 Å². The first kappa shape index (κ1) is 23.9. The van der Waals surface area contributed by atoms with E-state index in [2.05, 4.69) is 123 Å². The highest BCUT2D eigenvalue weighted by Gasteiger charge is 2.70. The minimum absolute atomic E-state index is 0.00974. The molecule has 1 amide bonds. The van der Waals surface area contributed by atoms with Gasteiger partial charge in [0.05, 0.1) is 0 Å². The highest BCUT2D eigenvalue weighted by Crippen LogP contribution is 2.63. The van der Waals surface area contributed by atoms with Crippen molar-refractivity contribution in [3.63, 3.8) is 0 Å². The molecule has 0 saturated heterocycles. The molecule has 1 aliphatic carbocycles. The second-order valence-electron chi connectivity index (χ2n) is 11.4. The van der Waals surface area contributed by atoms with Crippen LogP contribution in [0.3, 0.4) is 0 Å². The number of rotatable bonds is 6. The summed E-state index contributed by atoms with van der Waals surface area (Å²) in [5.41, 5.74) is 2.81. The highest BCUT2D eigenvalue weighted by atomic mass is 28.4. The first-order valence-electron chi connectivity index (χ1n) is 13.1. The normalized spacial score (nSPS) is 22.5. The van der Waals surface area contributed by atoms with Crippen LogP contribution in [0.15, 0.2) is 115 Å². The van der Waals surface area contributed by atoms with E-state index in [9.17, 15) is 4.79 Å². The molecule has 0 unspecified atom stereocenters. The van der Waals surface area contributed by atoms with Gasteiger partial charge in [0.15, 0.2) is 0 Å². The molecule has 0 bridgehead atoms. The van der Waals surface area contributed by atoms with Gasteiger partial charge in [0, 0.05) is 29.5 Å². The molecule has 1 saturated carbocycles. The summed E-state index contributed by atoms with van der Waals surface area (Å²) in [5.74, 6) is 0.196. The molecule has 1 fully saturated rings. The van der Waals surface area contributed by atoms with Gasteiger partial charge in [-0.15, -0.1) is 0 Å². The van der Waals surface area contributed by atoms with E-state index in [1.807, 2.05) is 18.2 Å². The predicted molar refractivity (Wildman–Crippen MR) is 152 cm³/mol. The van der Waals surface area contributed by atoms with Gasteiger partial charge in [-0.25, -0.2) is 0 Å². The number of fused-ring (bicyclic) bond motifs is 3. The van der Waals surface area contributed by atoms with Gasteiger partial charge in [-0.1, -0.05) is 130 Å². The average molecular weight is 504 g/mol. The van der Waals surface area contributed by atoms with E-state index in [1.165, 1.54) is 15.9 Å². The lowest BCUT2D eigenvalue weighted by Gasteiger charge is -2.44. The molecule has 1 heterocycles. The maximum atomic E-state index is 13.1. The van der Waals surface area contributed by atoms with Crippen LogP contribution in [-0.4, -0.2) is 26.9 Å². The standard InChI is InChI=1S/C33H33NO2Si/c1-32(2,3)37(25-17-9-5-10-18-25,26-19-11-6-12-20-26)36-23-33(24-15-7-4-8-16-24)29-27-21-13-14-22-28(27)31(35)34-30(29)33/h4-22,29-30H,23H2,1-3H3,(H,34,35)/t29-,30+,33-/m1/s1. The van der Waals surface area contributed by atoms with Crippen LogP contribution < -0.4 is 15.7 Å². The number of amides is 1. The second kappa shape index (κ2) is 8.82. The molecule has 3 atom stereocenters. The van der Waals surface area contributed by atoms with E-state index in [0.29, 0.717) is 6.61 Å². The topological polar surface area (TPSA) is 38.3 Å². The van der Waals surface area contributed by atoms with E-state index >= 15 is 0 Å². The van der Waals surface area contributed by atoms with Crippen molar-refractivity contribution < 1.29 is 9.22 Å². The SMILES string of the molecule is CC(C)(C)[Si](OC[C@@]1(c2ccccc2)[C@@H]2c3ccccc3C(=O)N[C@@H]21)(c1ccccc1)c1ccccc1. The van der Waals surface area contributed by atoms with Gasteiger partial charge in [0.1, 0.15) is 0 Å². The summed E-state index contributed by atoms with van der Waals surface area (Å²) in [7, 11) is -2.74. The third-order valence-electron chi connectivity index (χ3n) is 8.42. The molecule has 3 nitrogen and oxygen atoms in total. The van der Waals surface area contributed by atoms with Crippen molar-refractivity contribution >= 4 is 24.6 Å². The summed E-state index contributed by atoms with van der Waals surface area (Å²) in [6.45, 7) is 7.47. The van der Waals surface area contributed by atoms with E-state index in [4.69, 9.17) is 4.43 Å². The number of carbonyl (C=O) groups excluding carboxylic acids is 1. The van der Waals surface area contributed by atoms with Crippen molar-refractivity contribution in [2.24, 2.45) is 0 Å². The summed E-state index contributed by atoms with van der Waals surface area (Å²) < 4.78 is 7.48. The molecule has 0 aromatic heterocycles. The third kappa shape index (κ3) is 3.62. The van der Waals surface area contributed by atoms with E-state index in [1.54, 1.807) is 0 Å². The Kier molecular flexibility index (Phi) is 5.70. The maximum Gasteiger partial charge on any atom is 0.261 e. The Balaban J connectivity index is 1.50. The summed E-state index contributed by atoms with van der Waals surface area (Å²) in [6, 6.07) is 40.3. The Morgan fingerprint density at radius 3 is 1.84 bits per heavy atom. The van der Waals surface area contributed by atoms with Gasteiger partial charge < -0.3 is 9.74 Å². The van der Waals surface area contributed by atoms with Crippen LogP contribution in [0.2, 0.25) is 5.04 Å². The summed E-state index contributed by atoms with van der Waals surface area (Å²) in [5, 5.41) is 5.77. The first-order chi connectivity index (χ1) is 17.9. The predicted octanol–water partition coefficient (Wildman–Crippen LogP) is 5.41. The van der Waals surface area contributed by atoms with Crippen molar-refractivity contribution in [1.29, 1.82) is 0 Å². The number of carbonyl (C=O) groups is 1. The van der Waals surface area contributed by atoms with Crippen molar-refractivity contribution in [3.05, 3.63) is 132 Å². The van der Waals surface area contributed by atoms with Crippen LogP contribution >= 0.6 is 0 Å². The van der Waals surface area contributed by atoms with E-state index < -0.39 is 8.32 Å². The van der Waals surface area contributed by atoms with Crippen molar-refractivity contribution in [1.82, 2.24) is 5.32 Å². The Morgan fingerprint density at radius 2 is 1.27 bits per heavy atom. The van der Waals surface area contributed by atoms with Crippen LogP contribution in [0.1, 0.15) is 48.2 Å². The lowest BCUT2D eigenvalue weighted by atomic mass is 9.90. The smallest absolute Gasteiger partial charge is 0.261 e. The van der Waals surface area contributed by atoms with E-state index in [-0.39, 0.29) is 28.3 Å². The zero-order valence-corrected chi connectivity index (χ0v) is 22.6. The van der Waals surface area contributed by atoms with Gasteiger partial charge >= 0.3 is 0 Å². The van der Waals surface area contributed by atoms with Crippen LogP contribution in [0.5, 0.6) is 0 Å². The van der Waals surface area contributed by atoms with E-state index in [0.717, 1.165) is 11.1 Å².